The minimum atomic E-state index is -4.03. The van der Waals surface area contributed by atoms with Crippen LogP contribution in [-0.4, -0.2) is 37.3 Å². The van der Waals surface area contributed by atoms with Crippen molar-refractivity contribution in [2.75, 3.05) is 14.2 Å². The predicted octanol–water partition coefficient (Wildman–Crippen LogP) is 1.33. The molecule has 0 bridgehead atoms. The number of methoxy groups -OCH3 is 2. The zero-order chi connectivity index (χ0) is 18.7. The van der Waals surface area contributed by atoms with E-state index in [1.807, 2.05) is 0 Å². The summed E-state index contributed by atoms with van der Waals surface area (Å²) in [6.07, 6.45) is 0. The summed E-state index contributed by atoms with van der Waals surface area (Å²) in [5, 5.41) is 0. The molecule has 11 heteroatoms. The molecule has 2 N–H and O–H groups in total. The van der Waals surface area contributed by atoms with Gasteiger partial charge in [-0.15, -0.1) is 4.83 Å². The number of benzene rings is 2. The van der Waals surface area contributed by atoms with Gasteiger partial charge in [-0.2, -0.15) is 8.75 Å². The van der Waals surface area contributed by atoms with Crippen molar-refractivity contribution in [2.45, 2.75) is 4.90 Å². The molecular weight excluding hydrogens is 380 g/mol. The second-order valence-corrected chi connectivity index (χ2v) is 7.23. The lowest BCUT2D eigenvalue weighted by molar-refractivity contribution is 0.0944. The van der Waals surface area contributed by atoms with Gasteiger partial charge in [0.05, 0.1) is 25.9 Å². The number of fused-ring (bicyclic) bond motifs is 1. The topological polar surface area (TPSA) is 120 Å². The molecule has 136 valence electrons. The minimum Gasteiger partial charge on any atom is -0.497 e. The molecule has 1 heterocycles. The summed E-state index contributed by atoms with van der Waals surface area (Å²) in [7, 11) is -1.14. The van der Waals surface area contributed by atoms with E-state index in [4.69, 9.17) is 9.47 Å². The van der Waals surface area contributed by atoms with Gasteiger partial charge in [-0.25, -0.2) is 8.42 Å². The van der Waals surface area contributed by atoms with E-state index < -0.39 is 15.9 Å². The fourth-order valence-electron chi connectivity index (χ4n) is 2.18. The van der Waals surface area contributed by atoms with Gasteiger partial charge in [0.25, 0.3) is 15.9 Å². The Bertz CT molecular complexity index is 1040. The summed E-state index contributed by atoms with van der Waals surface area (Å²) in [6.45, 7) is 0. The fraction of sp³-hybridized carbons (Fsp3) is 0.133. The third-order valence-electron chi connectivity index (χ3n) is 3.45. The Labute approximate surface area is 153 Å². The van der Waals surface area contributed by atoms with Gasteiger partial charge in [0.15, 0.2) is 0 Å². The van der Waals surface area contributed by atoms with Gasteiger partial charge < -0.3 is 9.47 Å². The van der Waals surface area contributed by atoms with Crippen LogP contribution in [-0.2, 0) is 10.0 Å². The molecule has 1 amide bonds. The Balaban J connectivity index is 1.82. The molecule has 0 unspecified atom stereocenters. The lowest BCUT2D eigenvalue weighted by atomic mass is 10.2. The van der Waals surface area contributed by atoms with Crippen molar-refractivity contribution in [3.8, 4) is 11.5 Å². The summed E-state index contributed by atoms with van der Waals surface area (Å²) in [6, 6.07) is 9.09. The van der Waals surface area contributed by atoms with E-state index in [0.717, 1.165) is 11.7 Å². The molecule has 0 aliphatic carbocycles. The number of sulfonamides is 1. The van der Waals surface area contributed by atoms with Crippen LogP contribution in [0.1, 0.15) is 10.4 Å². The van der Waals surface area contributed by atoms with Crippen molar-refractivity contribution in [1.29, 1.82) is 0 Å². The Morgan fingerprint density at radius 3 is 2.42 bits per heavy atom. The molecule has 0 aliphatic heterocycles. The lowest BCUT2D eigenvalue weighted by Gasteiger charge is -2.11. The Morgan fingerprint density at radius 2 is 1.77 bits per heavy atom. The lowest BCUT2D eigenvalue weighted by Crippen LogP contribution is -2.41. The number of nitrogens with zero attached hydrogens (tertiary/aromatic N) is 2. The molecular formula is C15H14N4O5S2. The quantitative estimate of drug-likeness (QED) is 0.605. The third kappa shape index (κ3) is 3.59. The van der Waals surface area contributed by atoms with E-state index in [9.17, 15) is 13.2 Å². The highest BCUT2D eigenvalue weighted by molar-refractivity contribution is 7.89. The van der Waals surface area contributed by atoms with Crippen molar-refractivity contribution < 1.29 is 22.7 Å². The van der Waals surface area contributed by atoms with E-state index in [-0.39, 0.29) is 16.0 Å². The van der Waals surface area contributed by atoms with Gasteiger partial charge in [0.2, 0.25) is 0 Å². The fourth-order valence-corrected chi connectivity index (χ4v) is 3.78. The number of ether oxygens (including phenoxy) is 2. The van der Waals surface area contributed by atoms with Crippen LogP contribution in [0.5, 0.6) is 11.5 Å². The number of amides is 1. The molecule has 0 atom stereocenters. The van der Waals surface area contributed by atoms with Crippen LogP contribution in [0.15, 0.2) is 41.3 Å². The normalized spacial score (nSPS) is 11.3. The van der Waals surface area contributed by atoms with Crippen LogP contribution in [0.4, 0.5) is 0 Å². The van der Waals surface area contributed by atoms with Gasteiger partial charge >= 0.3 is 0 Å². The van der Waals surface area contributed by atoms with Crippen LogP contribution in [0.2, 0.25) is 0 Å². The summed E-state index contributed by atoms with van der Waals surface area (Å²) >= 11 is 0.905. The van der Waals surface area contributed by atoms with E-state index in [2.05, 4.69) is 19.0 Å². The zero-order valence-electron chi connectivity index (χ0n) is 13.7. The summed E-state index contributed by atoms with van der Waals surface area (Å²) in [5.74, 6) is 0.126. The van der Waals surface area contributed by atoms with Gasteiger partial charge in [-0.1, -0.05) is 6.07 Å². The van der Waals surface area contributed by atoms with Crippen molar-refractivity contribution in [3.63, 3.8) is 0 Å². The average Bonchev–Trinajstić information content (AvgIpc) is 3.14. The molecule has 0 saturated heterocycles. The maximum atomic E-state index is 12.5. The van der Waals surface area contributed by atoms with Crippen LogP contribution in [0.25, 0.3) is 11.0 Å². The summed E-state index contributed by atoms with van der Waals surface area (Å²) in [5.41, 5.74) is 3.03. The largest absolute Gasteiger partial charge is 0.497 e. The smallest absolute Gasteiger partial charge is 0.266 e. The zero-order valence-corrected chi connectivity index (χ0v) is 15.3. The van der Waals surface area contributed by atoms with Gasteiger partial charge in [-0.3, -0.25) is 10.2 Å². The van der Waals surface area contributed by atoms with E-state index in [1.54, 1.807) is 18.2 Å². The van der Waals surface area contributed by atoms with E-state index in [1.165, 1.54) is 32.4 Å². The Kier molecular flexibility index (Phi) is 5.02. The molecule has 3 aromatic rings. The number of carbonyl (C=O) groups excluding carboxylic acids is 1. The number of rotatable bonds is 6. The van der Waals surface area contributed by atoms with Gasteiger partial charge in [0.1, 0.15) is 27.4 Å². The van der Waals surface area contributed by atoms with E-state index in [0.29, 0.717) is 17.0 Å². The molecule has 0 saturated carbocycles. The highest BCUT2D eigenvalue weighted by atomic mass is 32.2. The minimum absolute atomic E-state index is 0.0766. The van der Waals surface area contributed by atoms with Crippen molar-refractivity contribution in [2.24, 2.45) is 0 Å². The average molecular weight is 394 g/mol. The first kappa shape index (κ1) is 18.0. The van der Waals surface area contributed by atoms with Crippen molar-refractivity contribution in [3.05, 3.63) is 42.0 Å². The number of hydrogen-bond donors (Lipinski definition) is 2. The molecule has 1 aromatic heterocycles. The molecule has 9 nitrogen and oxygen atoms in total. The highest BCUT2D eigenvalue weighted by Gasteiger charge is 2.21. The molecule has 0 radical (unpaired) electrons. The van der Waals surface area contributed by atoms with Gasteiger partial charge in [-0.05, 0) is 24.3 Å². The van der Waals surface area contributed by atoms with E-state index >= 15 is 0 Å². The first-order chi connectivity index (χ1) is 12.4. The maximum Gasteiger partial charge on any atom is 0.266 e. The second-order valence-electron chi connectivity index (χ2n) is 5.05. The van der Waals surface area contributed by atoms with Crippen LogP contribution in [0.3, 0.4) is 0 Å². The monoisotopic (exact) mass is 394 g/mol. The van der Waals surface area contributed by atoms with Crippen LogP contribution >= 0.6 is 11.7 Å². The molecule has 2 aromatic carbocycles. The van der Waals surface area contributed by atoms with Crippen LogP contribution < -0.4 is 19.7 Å². The number of hydrazine groups is 1. The first-order valence-corrected chi connectivity index (χ1v) is 9.42. The number of nitrogens with one attached hydrogen (secondary N) is 2. The number of carbonyl (C=O) groups is 1. The van der Waals surface area contributed by atoms with Crippen LogP contribution in [0, 0.1) is 0 Å². The maximum absolute atomic E-state index is 12.5. The number of hydrogen-bond acceptors (Lipinski definition) is 8. The number of aromatic nitrogens is 2. The molecule has 3 rings (SSSR count). The van der Waals surface area contributed by atoms with Crippen molar-refractivity contribution >= 4 is 38.7 Å². The highest BCUT2D eigenvalue weighted by Crippen LogP contribution is 2.23. The standard InChI is InChI=1S/C15H14N4O5S2/c1-23-10-6-9(7-11(8-10)24-2)15(20)16-19-26(21,22)13-5-3-4-12-14(13)18-25-17-12/h3-8,19H,1-2H3,(H,16,20). The van der Waals surface area contributed by atoms with Gasteiger partial charge in [0, 0.05) is 11.6 Å². The molecule has 0 aliphatic rings. The first-order valence-electron chi connectivity index (χ1n) is 7.21. The molecule has 26 heavy (non-hydrogen) atoms. The third-order valence-corrected chi connectivity index (χ3v) is 5.27. The summed E-state index contributed by atoms with van der Waals surface area (Å²) in [4.78, 5) is 14.3. The second kappa shape index (κ2) is 7.23. The predicted molar refractivity (Wildman–Crippen MR) is 94.7 cm³/mol. The SMILES string of the molecule is COc1cc(OC)cc(C(=O)NNS(=O)(=O)c2cccc3nsnc23)c1. The van der Waals surface area contributed by atoms with Crippen molar-refractivity contribution in [1.82, 2.24) is 19.0 Å². The summed E-state index contributed by atoms with van der Waals surface area (Å²) < 4.78 is 43.1. The molecule has 0 spiro atoms. The Morgan fingerprint density at radius 1 is 1.08 bits per heavy atom. The molecule has 0 fully saturated rings. The Hall–Kier alpha value is -2.76.